The maximum absolute atomic E-state index is 11.9. The van der Waals surface area contributed by atoms with Crippen molar-refractivity contribution in [1.82, 2.24) is 10.3 Å². The average molecular weight is 258 g/mol. The predicted molar refractivity (Wildman–Crippen MR) is 74.9 cm³/mol. The molecule has 2 aromatic rings. The molecule has 4 heteroatoms. The molecule has 1 aromatic heterocycles. The molecule has 0 fully saturated rings. The number of hydrogen-bond donors (Lipinski definition) is 2. The highest BCUT2D eigenvalue weighted by molar-refractivity contribution is 5.90. The number of hydrogen-bond acceptors (Lipinski definition) is 2. The topological polar surface area (TPSA) is 62.0 Å². The van der Waals surface area contributed by atoms with Crippen molar-refractivity contribution in [2.75, 3.05) is 0 Å². The van der Waals surface area contributed by atoms with E-state index in [0.717, 1.165) is 16.5 Å². The van der Waals surface area contributed by atoms with E-state index in [1.807, 2.05) is 37.4 Å². The van der Waals surface area contributed by atoms with Crippen molar-refractivity contribution in [3.05, 3.63) is 36.0 Å². The molecule has 100 valence electrons. The summed E-state index contributed by atoms with van der Waals surface area (Å²) in [5.41, 5.74) is 2.10. The SMILES string of the molecule is CCC(=O)[C@H](Cc1c[nH]c2ccccc12)NC(C)=O. The van der Waals surface area contributed by atoms with Crippen LogP contribution < -0.4 is 5.32 Å². The van der Waals surface area contributed by atoms with E-state index in [4.69, 9.17) is 0 Å². The highest BCUT2D eigenvalue weighted by Crippen LogP contribution is 2.19. The number of para-hydroxylation sites is 1. The fourth-order valence-electron chi connectivity index (χ4n) is 2.26. The zero-order valence-corrected chi connectivity index (χ0v) is 11.2. The highest BCUT2D eigenvalue weighted by Gasteiger charge is 2.19. The lowest BCUT2D eigenvalue weighted by molar-refractivity contribution is -0.126. The van der Waals surface area contributed by atoms with Crippen molar-refractivity contribution < 1.29 is 9.59 Å². The molecule has 0 unspecified atom stereocenters. The van der Waals surface area contributed by atoms with Crippen molar-refractivity contribution in [1.29, 1.82) is 0 Å². The van der Waals surface area contributed by atoms with Crippen LogP contribution in [-0.4, -0.2) is 22.7 Å². The first-order chi connectivity index (χ1) is 9.11. The Kier molecular flexibility index (Phi) is 4.00. The Morgan fingerprint density at radius 1 is 1.32 bits per heavy atom. The molecular formula is C15H18N2O2. The lowest BCUT2D eigenvalue weighted by Crippen LogP contribution is -2.40. The van der Waals surface area contributed by atoms with Crippen LogP contribution in [0.25, 0.3) is 10.9 Å². The number of aromatic amines is 1. The molecule has 0 spiro atoms. The van der Waals surface area contributed by atoms with Gasteiger partial charge in [-0.1, -0.05) is 25.1 Å². The number of Topliss-reactive ketones (excluding diaryl/α,β-unsaturated/α-hetero) is 1. The summed E-state index contributed by atoms with van der Waals surface area (Å²) in [4.78, 5) is 26.3. The first-order valence-electron chi connectivity index (χ1n) is 6.46. The van der Waals surface area contributed by atoms with Crippen LogP contribution >= 0.6 is 0 Å². The highest BCUT2D eigenvalue weighted by atomic mass is 16.2. The average Bonchev–Trinajstić information content (AvgIpc) is 2.80. The lowest BCUT2D eigenvalue weighted by atomic mass is 10.0. The van der Waals surface area contributed by atoms with Gasteiger partial charge in [0.15, 0.2) is 5.78 Å². The van der Waals surface area contributed by atoms with Gasteiger partial charge in [0, 0.05) is 36.9 Å². The van der Waals surface area contributed by atoms with Crippen LogP contribution in [0.1, 0.15) is 25.8 Å². The molecule has 0 bridgehead atoms. The molecule has 0 saturated carbocycles. The number of carbonyl (C=O) groups is 2. The van der Waals surface area contributed by atoms with Crippen molar-refractivity contribution in [2.24, 2.45) is 0 Å². The second-order valence-corrected chi connectivity index (χ2v) is 4.64. The van der Waals surface area contributed by atoms with Crippen molar-refractivity contribution >= 4 is 22.6 Å². The summed E-state index contributed by atoms with van der Waals surface area (Å²) < 4.78 is 0. The number of nitrogens with one attached hydrogen (secondary N) is 2. The fraction of sp³-hybridized carbons (Fsp3) is 0.333. The van der Waals surface area contributed by atoms with E-state index in [-0.39, 0.29) is 11.7 Å². The van der Waals surface area contributed by atoms with Crippen LogP contribution in [0.5, 0.6) is 0 Å². The minimum atomic E-state index is -0.443. The van der Waals surface area contributed by atoms with Crippen molar-refractivity contribution in [2.45, 2.75) is 32.7 Å². The second kappa shape index (κ2) is 5.69. The molecule has 0 aliphatic heterocycles. The summed E-state index contributed by atoms with van der Waals surface area (Å²) in [6.07, 6.45) is 2.85. The van der Waals surface area contributed by atoms with Crippen LogP contribution in [0.3, 0.4) is 0 Å². The molecule has 1 amide bonds. The molecule has 0 saturated heterocycles. The van der Waals surface area contributed by atoms with E-state index in [1.165, 1.54) is 6.92 Å². The van der Waals surface area contributed by atoms with Gasteiger partial charge in [0.1, 0.15) is 0 Å². The smallest absolute Gasteiger partial charge is 0.217 e. The van der Waals surface area contributed by atoms with E-state index in [1.54, 1.807) is 0 Å². The molecular weight excluding hydrogens is 240 g/mol. The minimum Gasteiger partial charge on any atom is -0.361 e. The molecule has 4 nitrogen and oxygen atoms in total. The Labute approximate surface area is 112 Å². The summed E-state index contributed by atoms with van der Waals surface area (Å²) >= 11 is 0. The van der Waals surface area contributed by atoms with Gasteiger partial charge < -0.3 is 10.3 Å². The largest absolute Gasteiger partial charge is 0.361 e. The predicted octanol–water partition coefficient (Wildman–Crippen LogP) is 2.19. The Hall–Kier alpha value is -2.10. The molecule has 1 atom stereocenters. The zero-order valence-electron chi connectivity index (χ0n) is 11.2. The zero-order chi connectivity index (χ0) is 13.8. The third kappa shape index (κ3) is 3.02. The van der Waals surface area contributed by atoms with Gasteiger partial charge in [0.25, 0.3) is 0 Å². The molecule has 0 aliphatic carbocycles. The van der Waals surface area contributed by atoms with E-state index >= 15 is 0 Å². The first-order valence-corrected chi connectivity index (χ1v) is 6.46. The van der Waals surface area contributed by atoms with E-state index in [0.29, 0.717) is 12.8 Å². The number of benzene rings is 1. The second-order valence-electron chi connectivity index (χ2n) is 4.64. The summed E-state index contributed by atoms with van der Waals surface area (Å²) in [5.74, 6) is -0.118. The van der Waals surface area contributed by atoms with Gasteiger partial charge in [-0.2, -0.15) is 0 Å². The third-order valence-corrected chi connectivity index (χ3v) is 3.21. The quantitative estimate of drug-likeness (QED) is 0.863. The molecule has 0 aliphatic rings. The van der Waals surface area contributed by atoms with E-state index < -0.39 is 6.04 Å². The Morgan fingerprint density at radius 3 is 2.74 bits per heavy atom. The van der Waals surface area contributed by atoms with Crippen LogP contribution in [0, 0.1) is 0 Å². The number of ketones is 1. The summed E-state index contributed by atoms with van der Waals surface area (Å²) in [7, 11) is 0. The van der Waals surface area contributed by atoms with Crippen molar-refractivity contribution in [3.63, 3.8) is 0 Å². The van der Waals surface area contributed by atoms with Gasteiger partial charge in [-0.05, 0) is 11.6 Å². The maximum atomic E-state index is 11.9. The van der Waals surface area contributed by atoms with Gasteiger partial charge in [-0.3, -0.25) is 9.59 Å². The van der Waals surface area contributed by atoms with Gasteiger partial charge in [-0.25, -0.2) is 0 Å². The number of rotatable bonds is 5. The van der Waals surface area contributed by atoms with Gasteiger partial charge in [-0.15, -0.1) is 0 Å². The Bertz CT molecular complexity index is 601. The molecule has 1 heterocycles. The number of fused-ring (bicyclic) bond motifs is 1. The third-order valence-electron chi connectivity index (χ3n) is 3.21. The number of carbonyl (C=O) groups excluding carboxylic acids is 2. The van der Waals surface area contributed by atoms with Crippen LogP contribution in [-0.2, 0) is 16.0 Å². The molecule has 0 radical (unpaired) electrons. The number of aromatic nitrogens is 1. The first kappa shape index (κ1) is 13.3. The van der Waals surface area contributed by atoms with Gasteiger partial charge in [0.05, 0.1) is 6.04 Å². The van der Waals surface area contributed by atoms with Gasteiger partial charge in [0.2, 0.25) is 5.91 Å². The molecule has 19 heavy (non-hydrogen) atoms. The summed E-state index contributed by atoms with van der Waals surface area (Å²) in [5, 5.41) is 3.83. The summed E-state index contributed by atoms with van der Waals surface area (Å²) in [6, 6.07) is 7.50. The van der Waals surface area contributed by atoms with Crippen LogP contribution in [0.15, 0.2) is 30.5 Å². The van der Waals surface area contributed by atoms with E-state index in [2.05, 4.69) is 10.3 Å². The normalized spacial score (nSPS) is 12.3. The van der Waals surface area contributed by atoms with E-state index in [9.17, 15) is 9.59 Å². The molecule has 2 rings (SSSR count). The lowest BCUT2D eigenvalue weighted by Gasteiger charge is -2.15. The Morgan fingerprint density at radius 2 is 2.05 bits per heavy atom. The minimum absolute atomic E-state index is 0.0560. The molecule has 2 N–H and O–H groups in total. The van der Waals surface area contributed by atoms with Crippen LogP contribution in [0.4, 0.5) is 0 Å². The monoisotopic (exact) mass is 258 g/mol. The standard InChI is InChI=1S/C15H18N2O2/c1-3-15(19)14(17-10(2)18)8-11-9-16-13-7-5-4-6-12(11)13/h4-7,9,14,16H,3,8H2,1-2H3,(H,17,18)/t14-/m0/s1. The van der Waals surface area contributed by atoms with Gasteiger partial charge >= 0.3 is 0 Å². The summed E-state index contributed by atoms with van der Waals surface area (Å²) in [6.45, 7) is 3.25. The number of amides is 1. The maximum Gasteiger partial charge on any atom is 0.217 e. The molecule has 1 aromatic carbocycles. The van der Waals surface area contributed by atoms with Crippen molar-refractivity contribution in [3.8, 4) is 0 Å². The Balaban J connectivity index is 2.25. The van der Waals surface area contributed by atoms with Crippen LogP contribution in [0.2, 0.25) is 0 Å². The number of H-pyrrole nitrogens is 1. The fourth-order valence-corrected chi connectivity index (χ4v) is 2.26.